The van der Waals surface area contributed by atoms with Crippen LogP contribution in [0.15, 0.2) is 42.5 Å². The number of carbonyl (C=O) groups is 1. The molecule has 2 nitrogen and oxygen atoms in total. The molecule has 100 valence electrons. The minimum atomic E-state index is 0.124. The van der Waals surface area contributed by atoms with Crippen molar-refractivity contribution in [2.24, 2.45) is 17.8 Å². The minimum Gasteiger partial charge on any atom is -0.376 e. The summed E-state index contributed by atoms with van der Waals surface area (Å²) in [5.74, 6) is 1.63. The van der Waals surface area contributed by atoms with E-state index in [0.717, 1.165) is 19.3 Å². The monoisotopic (exact) mass is 256 g/mol. The molecular formula is C17H20O2. The number of ketones is 1. The maximum absolute atomic E-state index is 12.1. The fraction of sp³-hybridized carbons (Fsp3) is 0.471. The topological polar surface area (TPSA) is 26.3 Å². The van der Waals surface area contributed by atoms with Crippen molar-refractivity contribution < 1.29 is 9.53 Å². The SMILES string of the molecule is O=C1C[C@@H]2CC=CC[C@H]2[C@@H]1COCc1ccccc1. The van der Waals surface area contributed by atoms with E-state index in [2.05, 4.69) is 24.3 Å². The van der Waals surface area contributed by atoms with E-state index >= 15 is 0 Å². The number of hydrogen-bond acceptors (Lipinski definition) is 2. The van der Waals surface area contributed by atoms with E-state index in [1.54, 1.807) is 0 Å². The van der Waals surface area contributed by atoms with Gasteiger partial charge in [0.25, 0.3) is 0 Å². The zero-order valence-electron chi connectivity index (χ0n) is 11.1. The highest BCUT2D eigenvalue weighted by atomic mass is 16.5. The average Bonchev–Trinajstić information content (AvgIpc) is 2.76. The van der Waals surface area contributed by atoms with Crippen LogP contribution in [0.2, 0.25) is 0 Å². The second kappa shape index (κ2) is 5.70. The van der Waals surface area contributed by atoms with Crippen LogP contribution in [0.1, 0.15) is 24.8 Å². The number of carbonyl (C=O) groups excluding carboxylic acids is 1. The van der Waals surface area contributed by atoms with E-state index in [1.807, 2.05) is 18.2 Å². The predicted molar refractivity (Wildman–Crippen MR) is 74.6 cm³/mol. The third kappa shape index (κ3) is 2.79. The standard InChI is InChI=1S/C17H20O2/c18-17-10-14-8-4-5-9-15(14)16(17)12-19-11-13-6-2-1-3-7-13/h1-7,14-16H,8-12H2/t14-,15+,16-/m0/s1. The number of ether oxygens (including phenoxy) is 1. The summed E-state index contributed by atoms with van der Waals surface area (Å²) in [6, 6.07) is 10.1. The van der Waals surface area contributed by atoms with Gasteiger partial charge in [-0.1, -0.05) is 42.5 Å². The third-order valence-electron chi connectivity index (χ3n) is 4.42. The molecule has 0 aliphatic heterocycles. The summed E-state index contributed by atoms with van der Waals surface area (Å²) >= 11 is 0. The molecule has 1 fully saturated rings. The number of benzene rings is 1. The van der Waals surface area contributed by atoms with Crippen molar-refractivity contribution in [3.8, 4) is 0 Å². The highest BCUT2D eigenvalue weighted by Gasteiger charge is 2.41. The van der Waals surface area contributed by atoms with Gasteiger partial charge in [-0.2, -0.15) is 0 Å². The van der Waals surface area contributed by atoms with E-state index < -0.39 is 0 Å². The van der Waals surface area contributed by atoms with E-state index in [-0.39, 0.29) is 5.92 Å². The second-order valence-corrected chi connectivity index (χ2v) is 5.64. The number of hydrogen-bond donors (Lipinski definition) is 0. The molecule has 0 saturated heterocycles. The molecular weight excluding hydrogens is 236 g/mol. The number of fused-ring (bicyclic) bond motifs is 1. The maximum atomic E-state index is 12.1. The van der Waals surface area contributed by atoms with Crippen molar-refractivity contribution in [3.63, 3.8) is 0 Å². The Morgan fingerprint density at radius 1 is 1.11 bits per heavy atom. The molecule has 0 heterocycles. The number of Topliss-reactive ketones (excluding diaryl/α,β-unsaturated/α-hetero) is 1. The van der Waals surface area contributed by atoms with Crippen LogP contribution in [0.4, 0.5) is 0 Å². The summed E-state index contributed by atoms with van der Waals surface area (Å²) < 4.78 is 5.78. The van der Waals surface area contributed by atoms with E-state index in [4.69, 9.17) is 4.74 Å². The van der Waals surface area contributed by atoms with Crippen molar-refractivity contribution in [2.75, 3.05) is 6.61 Å². The van der Waals surface area contributed by atoms with Crippen molar-refractivity contribution >= 4 is 5.78 Å². The Kier molecular flexibility index (Phi) is 3.79. The van der Waals surface area contributed by atoms with Gasteiger partial charge in [0, 0.05) is 12.3 Å². The maximum Gasteiger partial charge on any atom is 0.138 e. The van der Waals surface area contributed by atoms with Crippen LogP contribution in [0, 0.1) is 17.8 Å². The van der Waals surface area contributed by atoms with Crippen molar-refractivity contribution in [2.45, 2.75) is 25.9 Å². The molecule has 1 aromatic carbocycles. The number of allylic oxidation sites excluding steroid dienone is 2. The molecule has 1 saturated carbocycles. The highest BCUT2D eigenvalue weighted by Crippen LogP contribution is 2.41. The summed E-state index contributed by atoms with van der Waals surface area (Å²) in [6.07, 6.45) is 7.33. The highest BCUT2D eigenvalue weighted by molar-refractivity contribution is 5.84. The van der Waals surface area contributed by atoms with Gasteiger partial charge in [-0.25, -0.2) is 0 Å². The van der Waals surface area contributed by atoms with E-state index in [1.165, 1.54) is 5.56 Å². The third-order valence-corrected chi connectivity index (χ3v) is 4.42. The first-order valence-corrected chi connectivity index (χ1v) is 7.14. The Balaban J connectivity index is 1.55. The lowest BCUT2D eigenvalue weighted by Gasteiger charge is -2.24. The lowest BCUT2D eigenvalue weighted by molar-refractivity contribution is -0.123. The second-order valence-electron chi connectivity index (χ2n) is 5.64. The zero-order chi connectivity index (χ0) is 13.1. The van der Waals surface area contributed by atoms with Crippen LogP contribution in [0.25, 0.3) is 0 Å². The lowest BCUT2D eigenvalue weighted by Crippen LogP contribution is -2.23. The van der Waals surface area contributed by atoms with Gasteiger partial charge in [0.1, 0.15) is 5.78 Å². The average molecular weight is 256 g/mol. The van der Waals surface area contributed by atoms with Crippen LogP contribution in [-0.4, -0.2) is 12.4 Å². The Bertz CT molecular complexity index is 463. The lowest BCUT2D eigenvalue weighted by atomic mass is 9.82. The Morgan fingerprint density at radius 3 is 2.74 bits per heavy atom. The molecule has 2 heteroatoms. The van der Waals surface area contributed by atoms with Crippen LogP contribution in [0.5, 0.6) is 0 Å². The van der Waals surface area contributed by atoms with E-state index in [0.29, 0.717) is 30.8 Å². The molecule has 2 aliphatic rings. The smallest absolute Gasteiger partial charge is 0.138 e. The van der Waals surface area contributed by atoms with Crippen molar-refractivity contribution in [3.05, 3.63) is 48.0 Å². The van der Waals surface area contributed by atoms with Gasteiger partial charge in [0.2, 0.25) is 0 Å². The molecule has 3 rings (SSSR count). The molecule has 0 spiro atoms. The van der Waals surface area contributed by atoms with Crippen LogP contribution < -0.4 is 0 Å². The molecule has 0 bridgehead atoms. The van der Waals surface area contributed by atoms with Gasteiger partial charge in [-0.05, 0) is 30.2 Å². The first-order valence-electron chi connectivity index (χ1n) is 7.14. The quantitative estimate of drug-likeness (QED) is 0.772. The predicted octanol–water partition coefficient (Wildman–Crippen LogP) is 3.37. The molecule has 0 unspecified atom stereocenters. The van der Waals surface area contributed by atoms with Gasteiger partial charge >= 0.3 is 0 Å². The van der Waals surface area contributed by atoms with Gasteiger partial charge in [-0.3, -0.25) is 4.79 Å². The Morgan fingerprint density at radius 2 is 1.89 bits per heavy atom. The van der Waals surface area contributed by atoms with Crippen molar-refractivity contribution in [1.29, 1.82) is 0 Å². The van der Waals surface area contributed by atoms with Crippen LogP contribution >= 0.6 is 0 Å². The minimum absolute atomic E-state index is 0.124. The first-order chi connectivity index (χ1) is 9.34. The largest absolute Gasteiger partial charge is 0.376 e. The zero-order valence-corrected chi connectivity index (χ0v) is 11.1. The molecule has 0 amide bonds. The molecule has 2 aliphatic carbocycles. The summed E-state index contributed by atoms with van der Waals surface area (Å²) in [7, 11) is 0. The molecule has 0 aromatic heterocycles. The van der Waals surface area contributed by atoms with E-state index in [9.17, 15) is 4.79 Å². The summed E-state index contributed by atoms with van der Waals surface area (Å²) in [6.45, 7) is 1.20. The molecule has 0 radical (unpaired) electrons. The van der Waals surface area contributed by atoms with Crippen LogP contribution in [-0.2, 0) is 16.1 Å². The van der Waals surface area contributed by atoms with Crippen LogP contribution in [0.3, 0.4) is 0 Å². The fourth-order valence-corrected chi connectivity index (χ4v) is 3.36. The van der Waals surface area contributed by atoms with Gasteiger partial charge in [0.05, 0.1) is 13.2 Å². The summed E-state index contributed by atoms with van der Waals surface area (Å²) in [5.41, 5.74) is 1.17. The first kappa shape index (κ1) is 12.6. The number of rotatable bonds is 4. The molecule has 3 atom stereocenters. The summed E-state index contributed by atoms with van der Waals surface area (Å²) in [5, 5.41) is 0. The molecule has 1 aromatic rings. The fourth-order valence-electron chi connectivity index (χ4n) is 3.36. The molecule has 0 N–H and O–H groups in total. The van der Waals surface area contributed by atoms with Gasteiger partial charge in [0.15, 0.2) is 0 Å². The summed E-state index contributed by atoms with van der Waals surface area (Å²) in [4.78, 5) is 12.1. The van der Waals surface area contributed by atoms with Crippen molar-refractivity contribution in [1.82, 2.24) is 0 Å². The normalized spacial score (nSPS) is 29.5. The molecule has 19 heavy (non-hydrogen) atoms. The van der Waals surface area contributed by atoms with Gasteiger partial charge < -0.3 is 4.74 Å². The Hall–Kier alpha value is -1.41. The Labute approximate surface area is 114 Å². The van der Waals surface area contributed by atoms with Gasteiger partial charge in [-0.15, -0.1) is 0 Å².